The molecule has 0 unspecified atom stereocenters. The van der Waals surface area contributed by atoms with Crippen LogP contribution in [0.4, 0.5) is 0 Å². The number of halogens is 2. The summed E-state index contributed by atoms with van der Waals surface area (Å²) in [5.41, 5.74) is 0.751. The third kappa shape index (κ3) is 4.74. The molecule has 0 saturated carbocycles. The molecule has 1 fully saturated rings. The molecule has 0 atom stereocenters. The van der Waals surface area contributed by atoms with Crippen LogP contribution in [0.15, 0.2) is 57.5 Å². The van der Waals surface area contributed by atoms with Crippen molar-refractivity contribution in [2.75, 3.05) is 19.7 Å². The van der Waals surface area contributed by atoms with Gasteiger partial charge in [0.15, 0.2) is 12.4 Å². The molecule has 2 aromatic rings. The number of ether oxygens (including phenoxy) is 1. The topological polar surface area (TPSA) is 46.6 Å². The molecule has 1 amide bonds. The van der Waals surface area contributed by atoms with Crippen LogP contribution in [0.1, 0.15) is 23.2 Å². The van der Waals surface area contributed by atoms with Crippen LogP contribution >= 0.6 is 31.9 Å². The number of carbonyl (C=O) groups excluding carboxylic acids is 2. The van der Waals surface area contributed by atoms with Gasteiger partial charge in [-0.3, -0.25) is 9.59 Å². The molecule has 26 heavy (non-hydrogen) atoms. The number of carbonyl (C=O) groups is 2. The van der Waals surface area contributed by atoms with Crippen molar-refractivity contribution in [1.82, 2.24) is 4.90 Å². The smallest absolute Gasteiger partial charge is 0.260 e. The van der Waals surface area contributed by atoms with Gasteiger partial charge >= 0.3 is 0 Å². The monoisotopic (exact) mass is 479 g/mol. The van der Waals surface area contributed by atoms with E-state index in [0.29, 0.717) is 31.7 Å². The number of hydrogen-bond donors (Lipinski definition) is 0. The molecular formula is C20H19Br2NO3. The molecule has 1 aliphatic rings. The number of Topliss-reactive ketones (excluding diaryl/α,β-unsaturated/α-hetero) is 1. The lowest BCUT2D eigenvalue weighted by Crippen LogP contribution is -2.42. The first-order chi connectivity index (χ1) is 12.5. The van der Waals surface area contributed by atoms with Crippen LogP contribution in [0.5, 0.6) is 5.75 Å². The van der Waals surface area contributed by atoms with Crippen molar-refractivity contribution in [2.45, 2.75) is 12.8 Å². The van der Waals surface area contributed by atoms with Gasteiger partial charge in [-0.15, -0.1) is 0 Å². The van der Waals surface area contributed by atoms with Crippen LogP contribution < -0.4 is 4.74 Å². The molecule has 1 heterocycles. The number of rotatable bonds is 5. The maximum absolute atomic E-state index is 12.5. The summed E-state index contributed by atoms with van der Waals surface area (Å²) in [5.74, 6) is 0.747. The molecule has 0 bridgehead atoms. The number of amides is 1. The number of nitrogens with zero attached hydrogens (tertiary/aromatic N) is 1. The third-order valence-corrected chi connectivity index (χ3v) is 5.63. The Kier molecular flexibility index (Phi) is 6.48. The molecule has 6 heteroatoms. The molecule has 3 rings (SSSR count). The summed E-state index contributed by atoms with van der Waals surface area (Å²) >= 11 is 6.81. The van der Waals surface area contributed by atoms with E-state index in [1.807, 2.05) is 48.5 Å². The number of hydrogen-bond acceptors (Lipinski definition) is 3. The second kappa shape index (κ2) is 8.82. The first kappa shape index (κ1) is 19.1. The van der Waals surface area contributed by atoms with Gasteiger partial charge in [0.2, 0.25) is 0 Å². The molecule has 1 aliphatic heterocycles. The Bertz CT molecular complexity index is 787. The summed E-state index contributed by atoms with van der Waals surface area (Å²) in [5, 5.41) is 0. The number of benzene rings is 2. The fourth-order valence-electron chi connectivity index (χ4n) is 3.05. The molecule has 0 aliphatic carbocycles. The summed E-state index contributed by atoms with van der Waals surface area (Å²) in [6.07, 6.45) is 1.39. The maximum atomic E-state index is 12.5. The minimum atomic E-state index is -0.0505. The number of piperidine rings is 1. The van der Waals surface area contributed by atoms with Gasteiger partial charge in [0.05, 0.1) is 4.47 Å². The lowest BCUT2D eigenvalue weighted by molar-refractivity contribution is -0.134. The molecular weight excluding hydrogens is 462 g/mol. The van der Waals surface area contributed by atoms with Crippen LogP contribution in [0, 0.1) is 5.92 Å². The quantitative estimate of drug-likeness (QED) is 0.582. The van der Waals surface area contributed by atoms with Gasteiger partial charge in [-0.1, -0.05) is 46.3 Å². The number of likely N-dealkylation sites (tertiary alicyclic amines) is 1. The van der Waals surface area contributed by atoms with Crippen LogP contribution in [-0.2, 0) is 4.79 Å². The minimum absolute atomic E-state index is 0.00245. The summed E-state index contributed by atoms with van der Waals surface area (Å²) in [6.45, 7) is 1.18. The second-order valence-corrected chi connectivity index (χ2v) is 8.02. The highest BCUT2D eigenvalue weighted by atomic mass is 79.9. The van der Waals surface area contributed by atoms with E-state index in [1.54, 1.807) is 4.90 Å². The summed E-state index contributed by atoms with van der Waals surface area (Å²) in [7, 11) is 0. The van der Waals surface area contributed by atoms with Gasteiger partial charge in [-0.2, -0.15) is 0 Å². The first-order valence-electron chi connectivity index (χ1n) is 8.49. The highest BCUT2D eigenvalue weighted by Crippen LogP contribution is 2.28. The Hall–Kier alpha value is -1.66. The Morgan fingerprint density at radius 1 is 1.04 bits per heavy atom. The largest absolute Gasteiger partial charge is 0.483 e. The highest BCUT2D eigenvalue weighted by molar-refractivity contribution is 9.11. The molecule has 0 aromatic heterocycles. The average Bonchev–Trinajstić information content (AvgIpc) is 2.67. The van der Waals surface area contributed by atoms with Crippen molar-refractivity contribution in [3.8, 4) is 5.75 Å². The molecule has 2 aromatic carbocycles. The molecule has 0 N–H and O–H groups in total. The van der Waals surface area contributed by atoms with Gasteiger partial charge in [0.25, 0.3) is 5.91 Å². The average molecular weight is 481 g/mol. The lowest BCUT2D eigenvalue weighted by atomic mass is 9.89. The Labute approximate surface area is 169 Å². The van der Waals surface area contributed by atoms with E-state index in [0.717, 1.165) is 14.5 Å². The Morgan fingerprint density at radius 2 is 1.73 bits per heavy atom. The van der Waals surface area contributed by atoms with Gasteiger partial charge in [0, 0.05) is 29.0 Å². The Balaban J connectivity index is 1.50. The van der Waals surface area contributed by atoms with Crippen LogP contribution in [0.2, 0.25) is 0 Å². The van der Waals surface area contributed by atoms with Gasteiger partial charge in [-0.25, -0.2) is 0 Å². The zero-order valence-electron chi connectivity index (χ0n) is 14.2. The van der Waals surface area contributed by atoms with Crippen molar-refractivity contribution in [3.63, 3.8) is 0 Å². The normalized spacial score (nSPS) is 14.9. The van der Waals surface area contributed by atoms with Crippen LogP contribution in [0.25, 0.3) is 0 Å². The second-order valence-electron chi connectivity index (χ2n) is 6.25. The fraction of sp³-hybridized carbons (Fsp3) is 0.300. The van der Waals surface area contributed by atoms with Crippen molar-refractivity contribution in [2.24, 2.45) is 5.92 Å². The van der Waals surface area contributed by atoms with E-state index < -0.39 is 0 Å². The van der Waals surface area contributed by atoms with Crippen molar-refractivity contribution < 1.29 is 14.3 Å². The third-order valence-electron chi connectivity index (χ3n) is 4.52. The van der Waals surface area contributed by atoms with Gasteiger partial charge < -0.3 is 9.64 Å². The maximum Gasteiger partial charge on any atom is 0.260 e. The van der Waals surface area contributed by atoms with E-state index in [9.17, 15) is 9.59 Å². The van der Waals surface area contributed by atoms with E-state index in [4.69, 9.17) is 4.74 Å². The summed E-state index contributed by atoms with van der Waals surface area (Å²) in [4.78, 5) is 26.7. The van der Waals surface area contributed by atoms with E-state index in [1.165, 1.54) is 0 Å². The highest BCUT2D eigenvalue weighted by Gasteiger charge is 2.28. The summed E-state index contributed by atoms with van der Waals surface area (Å²) in [6, 6.07) is 14.9. The molecule has 0 radical (unpaired) electrons. The van der Waals surface area contributed by atoms with Crippen LogP contribution in [0.3, 0.4) is 0 Å². The van der Waals surface area contributed by atoms with E-state index >= 15 is 0 Å². The SMILES string of the molecule is O=C(c1ccccc1)C1CCN(C(=O)COc2ccc(Br)cc2Br)CC1. The van der Waals surface area contributed by atoms with Crippen LogP contribution in [-0.4, -0.2) is 36.3 Å². The molecule has 0 spiro atoms. The lowest BCUT2D eigenvalue weighted by Gasteiger charge is -2.31. The van der Waals surface area contributed by atoms with Gasteiger partial charge in [-0.05, 0) is 47.0 Å². The summed E-state index contributed by atoms with van der Waals surface area (Å²) < 4.78 is 7.36. The zero-order valence-corrected chi connectivity index (χ0v) is 17.3. The molecule has 1 saturated heterocycles. The first-order valence-corrected chi connectivity index (χ1v) is 10.1. The predicted octanol–water partition coefficient (Wildman–Crippen LogP) is 4.71. The minimum Gasteiger partial charge on any atom is -0.483 e. The van der Waals surface area contributed by atoms with Crippen molar-refractivity contribution in [3.05, 3.63) is 63.0 Å². The standard InChI is InChI=1S/C20H19Br2NO3/c21-16-6-7-18(17(22)12-16)26-13-19(24)23-10-8-15(9-11-23)20(25)14-4-2-1-3-5-14/h1-7,12,15H,8-11,13H2. The molecule has 136 valence electrons. The van der Waals surface area contributed by atoms with Crippen molar-refractivity contribution >= 4 is 43.6 Å². The predicted molar refractivity (Wildman–Crippen MR) is 107 cm³/mol. The van der Waals surface area contributed by atoms with Crippen molar-refractivity contribution in [1.29, 1.82) is 0 Å². The fourth-order valence-corrected chi connectivity index (χ4v) is 4.21. The Morgan fingerprint density at radius 3 is 2.38 bits per heavy atom. The van der Waals surface area contributed by atoms with Gasteiger partial charge in [0.1, 0.15) is 5.75 Å². The van der Waals surface area contributed by atoms with E-state index in [2.05, 4.69) is 31.9 Å². The van der Waals surface area contributed by atoms with E-state index in [-0.39, 0.29) is 24.2 Å². The number of ketones is 1. The molecule has 4 nitrogen and oxygen atoms in total. The zero-order chi connectivity index (χ0) is 18.5.